The first-order valence-electron chi connectivity index (χ1n) is 7.84. The van der Waals surface area contributed by atoms with E-state index >= 15 is 0 Å². The molecule has 23 heavy (non-hydrogen) atoms. The van der Waals surface area contributed by atoms with E-state index in [0.717, 1.165) is 28.6 Å². The summed E-state index contributed by atoms with van der Waals surface area (Å²) in [4.78, 5) is 12.5. The molecule has 2 aromatic carbocycles. The molecule has 0 saturated heterocycles. The predicted octanol–water partition coefficient (Wildman–Crippen LogP) is 3.98. The highest BCUT2D eigenvalue weighted by Gasteiger charge is 2.51. The molecule has 1 aliphatic carbocycles. The summed E-state index contributed by atoms with van der Waals surface area (Å²) >= 11 is 3.47. The molecule has 0 aliphatic heterocycles. The lowest BCUT2D eigenvalue weighted by atomic mass is 9.95. The molecule has 1 N–H and O–H groups in total. The van der Waals surface area contributed by atoms with Crippen molar-refractivity contribution in [3.63, 3.8) is 0 Å². The lowest BCUT2D eigenvalue weighted by Crippen LogP contribution is -2.37. The molecule has 120 valence electrons. The van der Waals surface area contributed by atoms with Crippen molar-refractivity contribution in [1.82, 2.24) is 5.32 Å². The molecule has 0 unspecified atom stereocenters. The van der Waals surface area contributed by atoms with Gasteiger partial charge in [-0.2, -0.15) is 0 Å². The standard InChI is InChI=1S/C19H20BrNO2/c1-14-5-7-17(8-6-14)23-12-11-21-18(22)19(9-10-19)15-3-2-4-16(20)13-15/h2-8,13H,9-12H2,1H3,(H,21,22). The van der Waals surface area contributed by atoms with E-state index in [2.05, 4.69) is 21.2 Å². The topological polar surface area (TPSA) is 38.3 Å². The molecule has 3 rings (SSSR count). The second kappa shape index (κ2) is 6.75. The van der Waals surface area contributed by atoms with Crippen molar-refractivity contribution in [2.45, 2.75) is 25.2 Å². The first-order chi connectivity index (χ1) is 11.1. The Morgan fingerprint density at radius 3 is 2.61 bits per heavy atom. The van der Waals surface area contributed by atoms with Crippen molar-refractivity contribution < 1.29 is 9.53 Å². The highest BCUT2D eigenvalue weighted by molar-refractivity contribution is 9.10. The molecule has 2 aromatic rings. The number of aryl methyl sites for hydroxylation is 1. The number of halogens is 1. The number of ether oxygens (including phenoxy) is 1. The molecule has 0 aromatic heterocycles. The molecule has 1 aliphatic rings. The fourth-order valence-corrected chi connectivity index (χ4v) is 3.09. The van der Waals surface area contributed by atoms with E-state index < -0.39 is 0 Å². The Morgan fingerprint density at radius 2 is 1.96 bits per heavy atom. The summed E-state index contributed by atoms with van der Waals surface area (Å²) in [5, 5.41) is 3.01. The number of carbonyl (C=O) groups is 1. The number of amides is 1. The molecular formula is C19H20BrNO2. The van der Waals surface area contributed by atoms with Crippen molar-refractivity contribution in [3.05, 3.63) is 64.1 Å². The van der Waals surface area contributed by atoms with Crippen LogP contribution in [0.5, 0.6) is 5.75 Å². The third-order valence-electron chi connectivity index (χ3n) is 4.24. The minimum atomic E-state index is -0.340. The van der Waals surface area contributed by atoms with Gasteiger partial charge in [-0.15, -0.1) is 0 Å². The van der Waals surface area contributed by atoms with Gasteiger partial charge in [0.1, 0.15) is 12.4 Å². The van der Waals surface area contributed by atoms with Crippen molar-refractivity contribution >= 4 is 21.8 Å². The summed E-state index contributed by atoms with van der Waals surface area (Å²) in [5.41, 5.74) is 1.95. The van der Waals surface area contributed by atoms with Gasteiger partial charge in [0.2, 0.25) is 5.91 Å². The van der Waals surface area contributed by atoms with Crippen molar-refractivity contribution in [3.8, 4) is 5.75 Å². The second-order valence-electron chi connectivity index (χ2n) is 6.01. The van der Waals surface area contributed by atoms with Crippen LogP contribution in [0, 0.1) is 6.92 Å². The molecular weight excluding hydrogens is 354 g/mol. The summed E-state index contributed by atoms with van der Waals surface area (Å²) in [6.45, 7) is 3.03. The molecule has 3 nitrogen and oxygen atoms in total. The second-order valence-corrected chi connectivity index (χ2v) is 6.93. The first-order valence-corrected chi connectivity index (χ1v) is 8.63. The van der Waals surface area contributed by atoms with Gasteiger partial charge in [-0.3, -0.25) is 4.79 Å². The third-order valence-corrected chi connectivity index (χ3v) is 4.73. The molecule has 1 saturated carbocycles. The number of rotatable bonds is 6. The molecule has 1 fully saturated rings. The lowest BCUT2D eigenvalue weighted by molar-refractivity contribution is -0.123. The Labute approximate surface area is 145 Å². The Hall–Kier alpha value is -1.81. The van der Waals surface area contributed by atoms with E-state index in [1.807, 2.05) is 55.5 Å². The van der Waals surface area contributed by atoms with Crippen LogP contribution in [0.25, 0.3) is 0 Å². The Balaban J connectivity index is 1.50. The van der Waals surface area contributed by atoms with Gasteiger partial charge in [0.25, 0.3) is 0 Å². The van der Waals surface area contributed by atoms with Gasteiger partial charge in [0, 0.05) is 4.47 Å². The highest BCUT2D eigenvalue weighted by atomic mass is 79.9. The fourth-order valence-electron chi connectivity index (χ4n) is 2.70. The highest BCUT2D eigenvalue weighted by Crippen LogP contribution is 2.48. The normalized spacial score (nSPS) is 15.0. The molecule has 0 radical (unpaired) electrons. The lowest BCUT2D eigenvalue weighted by Gasteiger charge is -2.16. The van der Waals surface area contributed by atoms with Gasteiger partial charge < -0.3 is 10.1 Å². The van der Waals surface area contributed by atoms with Gasteiger partial charge in [-0.05, 0) is 49.6 Å². The SMILES string of the molecule is Cc1ccc(OCCNC(=O)C2(c3cccc(Br)c3)CC2)cc1. The zero-order chi connectivity index (χ0) is 16.3. The van der Waals surface area contributed by atoms with Crippen LogP contribution in [0.4, 0.5) is 0 Å². The average molecular weight is 374 g/mol. The number of hydrogen-bond donors (Lipinski definition) is 1. The van der Waals surface area contributed by atoms with Crippen LogP contribution in [-0.4, -0.2) is 19.1 Å². The number of nitrogens with one attached hydrogen (secondary N) is 1. The van der Waals surface area contributed by atoms with Gasteiger partial charge in [-0.25, -0.2) is 0 Å². The zero-order valence-electron chi connectivity index (χ0n) is 13.1. The first kappa shape index (κ1) is 16.1. The van der Waals surface area contributed by atoms with Crippen LogP contribution in [0.3, 0.4) is 0 Å². The van der Waals surface area contributed by atoms with E-state index in [1.54, 1.807) is 0 Å². The maximum Gasteiger partial charge on any atom is 0.230 e. The number of carbonyl (C=O) groups excluding carboxylic acids is 1. The zero-order valence-corrected chi connectivity index (χ0v) is 14.7. The van der Waals surface area contributed by atoms with E-state index in [1.165, 1.54) is 5.56 Å². The maximum absolute atomic E-state index is 12.5. The van der Waals surface area contributed by atoms with Crippen LogP contribution in [0.2, 0.25) is 0 Å². The van der Waals surface area contributed by atoms with Crippen LogP contribution in [-0.2, 0) is 10.2 Å². The molecule has 0 atom stereocenters. The van der Waals surface area contributed by atoms with Crippen LogP contribution >= 0.6 is 15.9 Å². The Bertz CT molecular complexity index is 693. The van der Waals surface area contributed by atoms with Crippen molar-refractivity contribution in [2.75, 3.05) is 13.2 Å². The van der Waals surface area contributed by atoms with Gasteiger partial charge >= 0.3 is 0 Å². The van der Waals surface area contributed by atoms with Gasteiger partial charge in [0.15, 0.2) is 0 Å². The van der Waals surface area contributed by atoms with Crippen LogP contribution < -0.4 is 10.1 Å². The summed E-state index contributed by atoms with van der Waals surface area (Å²) in [6.07, 6.45) is 1.82. The smallest absolute Gasteiger partial charge is 0.230 e. The summed E-state index contributed by atoms with van der Waals surface area (Å²) in [5.74, 6) is 0.932. The van der Waals surface area contributed by atoms with E-state index in [-0.39, 0.29) is 11.3 Å². The summed E-state index contributed by atoms with van der Waals surface area (Å²) < 4.78 is 6.66. The van der Waals surface area contributed by atoms with Crippen molar-refractivity contribution in [2.24, 2.45) is 0 Å². The van der Waals surface area contributed by atoms with E-state index in [0.29, 0.717) is 13.2 Å². The Morgan fingerprint density at radius 1 is 1.22 bits per heavy atom. The monoisotopic (exact) mass is 373 g/mol. The summed E-state index contributed by atoms with van der Waals surface area (Å²) in [7, 11) is 0. The quantitative estimate of drug-likeness (QED) is 0.777. The van der Waals surface area contributed by atoms with Crippen LogP contribution in [0.15, 0.2) is 53.0 Å². The average Bonchev–Trinajstić information content (AvgIpc) is 3.35. The minimum absolute atomic E-state index is 0.100. The maximum atomic E-state index is 12.5. The molecule has 0 bridgehead atoms. The molecule has 1 amide bonds. The largest absolute Gasteiger partial charge is 0.492 e. The summed E-state index contributed by atoms with van der Waals surface area (Å²) in [6, 6.07) is 15.9. The van der Waals surface area contributed by atoms with Crippen molar-refractivity contribution in [1.29, 1.82) is 0 Å². The predicted molar refractivity (Wildman–Crippen MR) is 94.7 cm³/mol. The molecule has 4 heteroatoms. The number of hydrogen-bond acceptors (Lipinski definition) is 2. The molecule has 0 spiro atoms. The minimum Gasteiger partial charge on any atom is -0.492 e. The molecule has 0 heterocycles. The third kappa shape index (κ3) is 3.75. The fraction of sp³-hybridized carbons (Fsp3) is 0.316. The Kier molecular flexibility index (Phi) is 4.71. The van der Waals surface area contributed by atoms with E-state index in [4.69, 9.17) is 4.74 Å². The van der Waals surface area contributed by atoms with Crippen LogP contribution in [0.1, 0.15) is 24.0 Å². The van der Waals surface area contributed by atoms with Gasteiger partial charge in [-0.1, -0.05) is 45.8 Å². The van der Waals surface area contributed by atoms with E-state index in [9.17, 15) is 4.79 Å². The van der Waals surface area contributed by atoms with Gasteiger partial charge in [0.05, 0.1) is 12.0 Å². The number of benzene rings is 2.